The van der Waals surface area contributed by atoms with Gasteiger partial charge in [0.05, 0.1) is 25.4 Å². The molecule has 0 radical (unpaired) electrons. The molecular weight excluding hydrogens is 911 g/mol. The fraction of sp³-hybridized carbons (Fsp3) is 0.882. The molecule has 0 aliphatic carbocycles. The zero-order chi connectivity index (χ0) is 53.6. The summed E-state index contributed by atoms with van der Waals surface area (Å²) in [7, 11) is 0. The van der Waals surface area contributed by atoms with Crippen molar-refractivity contribution in [2.24, 2.45) is 0 Å². The van der Waals surface area contributed by atoms with E-state index in [-0.39, 0.29) is 18.5 Å². The molecule has 0 rings (SSSR count). The maximum Gasteiger partial charge on any atom is 0.305 e. The number of rotatable bonds is 62. The van der Waals surface area contributed by atoms with Gasteiger partial charge >= 0.3 is 5.97 Å². The van der Waals surface area contributed by atoms with E-state index in [9.17, 15) is 19.8 Å². The molecule has 1 amide bonds. The second kappa shape index (κ2) is 63.6. The number of esters is 1. The van der Waals surface area contributed by atoms with Crippen molar-refractivity contribution in [2.75, 3.05) is 13.2 Å². The average molecular weight is 1040 g/mol. The number of carbonyl (C=O) groups is 2. The highest BCUT2D eigenvalue weighted by molar-refractivity contribution is 5.76. The average Bonchev–Trinajstić information content (AvgIpc) is 3.40. The van der Waals surface area contributed by atoms with Gasteiger partial charge in [-0.2, -0.15) is 0 Å². The monoisotopic (exact) mass is 1040 g/mol. The van der Waals surface area contributed by atoms with Gasteiger partial charge in [-0.15, -0.1) is 0 Å². The minimum absolute atomic E-state index is 0.0369. The minimum Gasteiger partial charge on any atom is -0.465 e. The minimum atomic E-state index is -0.669. The van der Waals surface area contributed by atoms with Crippen molar-refractivity contribution in [3.63, 3.8) is 0 Å². The van der Waals surface area contributed by atoms with E-state index in [1.165, 1.54) is 276 Å². The summed E-state index contributed by atoms with van der Waals surface area (Å²) < 4.78 is 5.43. The van der Waals surface area contributed by atoms with Crippen LogP contribution in [0.2, 0.25) is 0 Å². The second-order valence-electron chi connectivity index (χ2n) is 22.8. The van der Waals surface area contributed by atoms with Crippen molar-refractivity contribution in [3.8, 4) is 0 Å². The Morgan fingerprint density at radius 2 is 0.676 bits per heavy atom. The number of aliphatic hydroxyl groups is 2. The molecule has 0 heterocycles. The molecule has 0 aromatic carbocycles. The van der Waals surface area contributed by atoms with E-state index in [1.807, 2.05) is 0 Å². The molecule has 6 heteroatoms. The van der Waals surface area contributed by atoms with E-state index in [2.05, 4.69) is 55.6 Å². The summed E-state index contributed by atoms with van der Waals surface area (Å²) in [6, 6.07) is -0.547. The van der Waals surface area contributed by atoms with E-state index >= 15 is 0 Å². The third kappa shape index (κ3) is 59.3. The van der Waals surface area contributed by atoms with Crippen LogP contribution in [0.4, 0.5) is 0 Å². The molecule has 0 aliphatic heterocycles. The lowest BCUT2D eigenvalue weighted by atomic mass is 10.0. The number of amides is 1. The van der Waals surface area contributed by atoms with Crippen LogP contribution in [0, 0.1) is 0 Å². The van der Waals surface area contributed by atoms with Gasteiger partial charge in [-0.3, -0.25) is 9.59 Å². The van der Waals surface area contributed by atoms with Crippen LogP contribution in [-0.4, -0.2) is 47.4 Å². The summed E-state index contributed by atoms with van der Waals surface area (Å²) in [6.45, 7) is 4.86. The Labute approximate surface area is 462 Å². The predicted molar refractivity (Wildman–Crippen MR) is 324 cm³/mol. The van der Waals surface area contributed by atoms with E-state index in [1.54, 1.807) is 0 Å². The molecular formula is C68H129NO5. The molecule has 0 aromatic rings. The highest BCUT2D eigenvalue weighted by Gasteiger charge is 2.20. The van der Waals surface area contributed by atoms with Crippen molar-refractivity contribution < 1.29 is 24.5 Å². The molecule has 2 unspecified atom stereocenters. The van der Waals surface area contributed by atoms with Crippen molar-refractivity contribution >= 4 is 11.9 Å². The first-order valence-electron chi connectivity index (χ1n) is 33.2. The molecule has 0 bridgehead atoms. The van der Waals surface area contributed by atoms with Crippen molar-refractivity contribution in [1.82, 2.24) is 5.32 Å². The summed E-state index contributed by atoms with van der Waals surface area (Å²) in [5.74, 6) is -0.0749. The van der Waals surface area contributed by atoms with Gasteiger partial charge in [0.25, 0.3) is 0 Å². The predicted octanol–water partition coefficient (Wildman–Crippen LogP) is 21.1. The van der Waals surface area contributed by atoms with Gasteiger partial charge in [0.15, 0.2) is 0 Å². The zero-order valence-electron chi connectivity index (χ0n) is 49.8. The molecule has 74 heavy (non-hydrogen) atoms. The highest BCUT2D eigenvalue weighted by atomic mass is 16.5. The number of hydrogen-bond acceptors (Lipinski definition) is 5. The van der Waals surface area contributed by atoms with Gasteiger partial charge in [0.2, 0.25) is 5.91 Å². The van der Waals surface area contributed by atoms with Crippen LogP contribution in [0.15, 0.2) is 36.5 Å². The number of ether oxygens (including phenoxy) is 1. The Kier molecular flexibility index (Phi) is 62.0. The summed E-state index contributed by atoms with van der Waals surface area (Å²) in [6.07, 6.45) is 80.4. The molecule has 6 nitrogen and oxygen atoms in total. The summed E-state index contributed by atoms with van der Waals surface area (Å²) >= 11 is 0. The van der Waals surface area contributed by atoms with Crippen molar-refractivity contribution in [3.05, 3.63) is 36.5 Å². The second-order valence-corrected chi connectivity index (χ2v) is 22.8. The molecule has 0 saturated carbocycles. The molecule has 3 N–H and O–H groups in total. The van der Waals surface area contributed by atoms with Gasteiger partial charge in [-0.1, -0.05) is 314 Å². The molecule has 0 fully saturated rings. The largest absolute Gasteiger partial charge is 0.465 e. The highest BCUT2D eigenvalue weighted by Crippen LogP contribution is 2.18. The summed E-state index contributed by atoms with van der Waals surface area (Å²) in [4.78, 5) is 24.6. The summed E-state index contributed by atoms with van der Waals surface area (Å²) in [5.41, 5.74) is 0. The number of unbranched alkanes of at least 4 members (excludes halogenated alkanes) is 45. The normalized spacial score (nSPS) is 12.8. The Morgan fingerprint density at radius 3 is 1.04 bits per heavy atom. The third-order valence-corrected chi connectivity index (χ3v) is 15.4. The molecule has 0 aliphatic rings. The summed E-state index contributed by atoms with van der Waals surface area (Å²) in [5, 5.41) is 23.4. The van der Waals surface area contributed by atoms with Gasteiger partial charge in [0.1, 0.15) is 0 Å². The van der Waals surface area contributed by atoms with Crippen LogP contribution in [0.1, 0.15) is 361 Å². The Hall–Kier alpha value is -1.92. The topological polar surface area (TPSA) is 95.9 Å². The molecule has 436 valence electrons. The number of allylic oxidation sites excluding steroid dienone is 5. The standard InChI is InChI=1S/C68H129NO5/c1-3-5-7-9-11-13-15-17-19-21-25-29-32-36-40-44-48-52-56-60-66(71)65(64-70)69-67(72)61-57-53-49-45-41-37-33-30-26-23-22-24-27-31-35-39-43-47-51-55-59-63-74-68(73)62-58-54-50-46-42-38-34-28-20-18-16-14-12-10-8-6-4-2/h18,20,39,43,51,55,65-66,70-71H,3-17,19,21-38,40-42,44-50,52-54,56-64H2,1-2H3,(H,69,72)/b20-18-,43-39-,55-51-. The fourth-order valence-electron chi connectivity index (χ4n) is 10.4. The van der Waals surface area contributed by atoms with Gasteiger partial charge in [0, 0.05) is 12.8 Å². The molecule has 2 atom stereocenters. The van der Waals surface area contributed by atoms with Crippen LogP contribution < -0.4 is 5.32 Å². The van der Waals surface area contributed by atoms with Crippen LogP contribution >= 0.6 is 0 Å². The Morgan fingerprint density at radius 1 is 0.378 bits per heavy atom. The SMILES string of the molecule is CCCCCCCC/C=C\CCCCCCCCCC(=O)OCC/C=C\C/C=C\CCCCCCCCCCCCCCCCC(=O)NC(CO)C(O)CCCCCCCCCCCCCCCCCCCCC. The fourth-order valence-corrected chi connectivity index (χ4v) is 10.4. The quantitative estimate of drug-likeness (QED) is 0.0320. The molecule has 0 spiro atoms. The van der Waals surface area contributed by atoms with Gasteiger partial charge in [-0.25, -0.2) is 0 Å². The number of hydrogen-bond donors (Lipinski definition) is 3. The maximum absolute atomic E-state index is 12.5. The van der Waals surface area contributed by atoms with E-state index in [0.29, 0.717) is 25.9 Å². The smallest absolute Gasteiger partial charge is 0.305 e. The number of nitrogens with one attached hydrogen (secondary N) is 1. The van der Waals surface area contributed by atoms with E-state index < -0.39 is 12.1 Å². The van der Waals surface area contributed by atoms with Crippen LogP contribution in [-0.2, 0) is 14.3 Å². The van der Waals surface area contributed by atoms with Crippen molar-refractivity contribution in [1.29, 1.82) is 0 Å². The van der Waals surface area contributed by atoms with Crippen LogP contribution in [0.3, 0.4) is 0 Å². The Balaban J connectivity index is 3.45. The first-order valence-corrected chi connectivity index (χ1v) is 33.2. The zero-order valence-corrected chi connectivity index (χ0v) is 49.8. The van der Waals surface area contributed by atoms with Crippen LogP contribution in [0.5, 0.6) is 0 Å². The van der Waals surface area contributed by atoms with Gasteiger partial charge < -0.3 is 20.3 Å². The van der Waals surface area contributed by atoms with Gasteiger partial charge in [-0.05, 0) is 70.6 Å². The number of carbonyl (C=O) groups excluding carboxylic acids is 2. The molecule has 0 saturated heterocycles. The van der Waals surface area contributed by atoms with E-state index in [0.717, 1.165) is 51.4 Å². The van der Waals surface area contributed by atoms with Crippen LogP contribution in [0.25, 0.3) is 0 Å². The first-order chi connectivity index (χ1) is 36.5. The van der Waals surface area contributed by atoms with E-state index in [4.69, 9.17) is 4.74 Å². The number of aliphatic hydroxyl groups excluding tert-OH is 2. The van der Waals surface area contributed by atoms with Crippen molar-refractivity contribution in [2.45, 2.75) is 373 Å². The third-order valence-electron chi connectivity index (χ3n) is 15.4. The lowest BCUT2D eigenvalue weighted by Crippen LogP contribution is -2.45. The maximum atomic E-state index is 12.5. The Bertz CT molecular complexity index is 1200. The lowest BCUT2D eigenvalue weighted by molar-refractivity contribution is -0.143. The first kappa shape index (κ1) is 72.1. The lowest BCUT2D eigenvalue weighted by Gasteiger charge is -2.22. The molecule has 0 aromatic heterocycles.